The third-order valence-electron chi connectivity index (χ3n) is 5.15. The predicted octanol–water partition coefficient (Wildman–Crippen LogP) is 3.63. The third kappa shape index (κ3) is 3.38. The lowest BCUT2D eigenvalue weighted by atomic mass is 10.0. The summed E-state index contributed by atoms with van der Waals surface area (Å²) in [6.07, 6.45) is 2.02. The minimum Gasteiger partial charge on any atom is -0.320 e. The summed E-state index contributed by atoms with van der Waals surface area (Å²) in [5.41, 5.74) is 6.05. The summed E-state index contributed by atoms with van der Waals surface area (Å²) in [6, 6.07) is 25.2. The molecular formula is C23H23N2OS+. The van der Waals surface area contributed by atoms with Crippen molar-refractivity contribution in [3.05, 3.63) is 83.9 Å². The van der Waals surface area contributed by atoms with Gasteiger partial charge in [0.05, 0.1) is 12.7 Å². The van der Waals surface area contributed by atoms with Crippen molar-refractivity contribution in [3.8, 4) is 11.1 Å². The summed E-state index contributed by atoms with van der Waals surface area (Å²) in [4.78, 5) is 15.0. The highest BCUT2D eigenvalue weighted by atomic mass is 32.2. The molecule has 1 amide bonds. The van der Waals surface area contributed by atoms with E-state index in [1.165, 1.54) is 27.2 Å². The number of hydrogen-bond acceptors (Lipinski definition) is 2. The highest BCUT2D eigenvalue weighted by Gasteiger charge is 2.34. The zero-order valence-electron chi connectivity index (χ0n) is 15.5. The van der Waals surface area contributed by atoms with Crippen molar-refractivity contribution in [2.24, 2.45) is 0 Å². The molecule has 0 radical (unpaired) electrons. The van der Waals surface area contributed by atoms with Gasteiger partial charge in [-0.15, -0.1) is 11.8 Å². The van der Waals surface area contributed by atoms with E-state index in [1.54, 1.807) is 11.8 Å². The quantitative estimate of drug-likeness (QED) is 0.668. The fourth-order valence-electron chi connectivity index (χ4n) is 3.98. The molecule has 4 heteroatoms. The molecule has 27 heavy (non-hydrogen) atoms. The summed E-state index contributed by atoms with van der Waals surface area (Å²) >= 11 is 1.64. The molecule has 3 aromatic carbocycles. The van der Waals surface area contributed by atoms with Crippen LogP contribution in [0.2, 0.25) is 0 Å². The Kier molecular flexibility index (Phi) is 5.01. The number of thioether (sulfide) groups is 1. The Balaban J connectivity index is 1.56. The van der Waals surface area contributed by atoms with Gasteiger partial charge in [0.25, 0.3) is 5.91 Å². The average Bonchev–Trinajstić information content (AvgIpc) is 3.03. The number of carbonyl (C=O) groups is 1. The normalized spacial score (nSPS) is 13.7. The molecule has 0 aromatic heterocycles. The van der Waals surface area contributed by atoms with Crippen LogP contribution in [0.5, 0.6) is 0 Å². The van der Waals surface area contributed by atoms with Gasteiger partial charge in [-0.1, -0.05) is 60.7 Å². The topological polar surface area (TPSA) is 33.5 Å². The molecule has 0 bridgehead atoms. The molecule has 1 atom stereocenters. The monoisotopic (exact) mass is 375 g/mol. The van der Waals surface area contributed by atoms with Crippen molar-refractivity contribution in [2.45, 2.75) is 10.9 Å². The maximum Gasteiger partial charge on any atom is 0.279 e. The van der Waals surface area contributed by atoms with E-state index in [-0.39, 0.29) is 11.9 Å². The number of amides is 1. The lowest BCUT2D eigenvalue weighted by Crippen LogP contribution is -3.10. The van der Waals surface area contributed by atoms with Crippen LogP contribution in [0.4, 0.5) is 5.69 Å². The second-order valence-electron chi connectivity index (χ2n) is 6.88. The predicted molar refractivity (Wildman–Crippen MR) is 112 cm³/mol. The second kappa shape index (κ2) is 7.59. The fraction of sp³-hybridized carbons (Fsp3) is 0.174. The number of fused-ring (bicyclic) bond motifs is 3. The smallest absolute Gasteiger partial charge is 0.279 e. The van der Waals surface area contributed by atoms with E-state index in [1.807, 2.05) is 30.5 Å². The van der Waals surface area contributed by atoms with Gasteiger partial charge in [0.1, 0.15) is 6.04 Å². The van der Waals surface area contributed by atoms with Crippen LogP contribution in [0.15, 0.2) is 77.7 Å². The van der Waals surface area contributed by atoms with Crippen molar-refractivity contribution in [1.82, 2.24) is 0 Å². The minimum atomic E-state index is 0.0378. The lowest BCUT2D eigenvalue weighted by Gasteiger charge is -2.23. The summed E-state index contributed by atoms with van der Waals surface area (Å²) in [6.45, 7) is 0.413. The third-order valence-corrected chi connectivity index (χ3v) is 5.94. The van der Waals surface area contributed by atoms with Crippen LogP contribution < -0.4 is 10.2 Å². The Morgan fingerprint density at radius 2 is 1.48 bits per heavy atom. The van der Waals surface area contributed by atoms with Crippen LogP contribution in [-0.2, 0) is 4.79 Å². The molecule has 136 valence electrons. The minimum absolute atomic E-state index is 0.0378. The van der Waals surface area contributed by atoms with Crippen molar-refractivity contribution >= 4 is 23.4 Å². The van der Waals surface area contributed by atoms with Gasteiger partial charge in [0, 0.05) is 16.0 Å². The molecule has 0 spiro atoms. The second-order valence-corrected chi connectivity index (χ2v) is 7.73. The van der Waals surface area contributed by atoms with Gasteiger partial charge >= 0.3 is 0 Å². The SMILES string of the molecule is CSc1ccccc1NC(=O)C[NH+](C)C1c2ccccc2-c2ccccc21. The lowest BCUT2D eigenvalue weighted by molar-refractivity contribution is -0.897. The Hall–Kier alpha value is -2.56. The molecule has 0 saturated carbocycles. The van der Waals surface area contributed by atoms with Crippen molar-refractivity contribution < 1.29 is 9.69 Å². The Morgan fingerprint density at radius 3 is 2.11 bits per heavy atom. The van der Waals surface area contributed by atoms with Gasteiger partial charge in [0.2, 0.25) is 0 Å². The first kappa shape index (κ1) is 17.8. The molecule has 3 nitrogen and oxygen atoms in total. The number of para-hydroxylation sites is 1. The van der Waals surface area contributed by atoms with Gasteiger partial charge in [-0.2, -0.15) is 0 Å². The Morgan fingerprint density at radius 1 is 0.926 bits per heavy atom. The van der Waals surface area contributed by atoms with E-state index in [0.29, 0.717) is 6.54 Å². The molecule has 1 unspecified atom stereocenters. The van der Waals surface area contributed by atoms with Crippen LogP contribution >= 0.6 is 11.8 Å². The number of likely N-dealkylation sites (N-methyl/N-ethyl adjacent to an activating group) is 1. The molecule has 4 rings (SSSR count). The number of nitrogens with one attached hydrogen (secondary N) is 2. The van der Waals surface area contributed by atoms with Crippen LogP contribution in [0.25, 0.3) is 11.1 Å². The van der Waals surface area contributed by atoms with E-state index in [9.17, 15) is 4.79 Å². The standard InChI is InChI=1S/C23H22N2OS/c1-25(15-22(26)24-20-13-7-8-14-21(20)27-2)23-18-11-5-3-9-16(18)17-10-4-6-12-19(17)23/h3-14,23H,15H2,1-2H3,(H,24,26)/p+1. The molecule has 1 aliphatic rings. The number of anilines is 1. The van der Waals surface area contributed by atoms with E-state index >= 15 is 0 Å². The van der Waals surface area contributed by atoms with Crippen LogP contribution in [-0.4, -0.2) is 25.8 Å². The van der Waals surface area contributed by atoms with E-state index in [0.717, 1.165) is 10.6 Å². The van der Waals surface area contributed by atoms with Gasteiger partial charge in [-0.25, -0.2) is 0 Å². The van der Waals surface area contributed by atoms with Gasteiger partial charge < -0.3 is 10.2 Å². The first-order valence-corrected chi connectivity index (χ1v) is 10.3. The Labute approximate surface area is 164 Å². The first-order chi connectivity index (χ1) is 13.2. The van der Waals surface area contributed by atoms with Crippen LogP contribution in [0.1, 0.15) is 17.2 Å². The summed E-state index contributed by atoms with van der Waals surface area (Å²) in [5, 5.41) is 3.08. The molecule has 2 N–H and O–H groups in total. The maximum atomic E-state index is 12.7. The Bertz CT molecular complexity index is 940. The number of rotatable bonds is 5. The summed E-state index contributed by atoms with van der Waals surface area (Å²) in [7, 11) is 2.10. The molecular weight excluding hydrogens is 352 g/mol. The average molecular weight is 376 g/mol. The highest BCUT2D eigenvalue weighted by molar-refractivity contribution is 7.98. The van der Waals surface area contributed by atoms with E-state index in [2.05, 4.69) is 60.9 Å². The van der Waals surface area contributed by atoms with Crippen LogP contribution in [0.3, 0.4) is 0 Å². The van der Waals surface area contributed by atoms with Crippen molar-refractivity contribution in [3.63, 3.8) is 0 Å². The number of benzene rings is 3. The summed E-state index contributed by atoms with van der Waals surface area (Å²) in [5.74, 6) is 0.0378. The highest BCUT2D eigenvalue weighted by Crippen LogP contribution is 2.41. The number of carbonyl (C=O) groups excluding carboxylic acids is 1. The van der Waals surface area contributed by atoms with Gasteiger partial charge in [0.15, 0.2) is 6.54 Å². The van der Waals surface area contributed by atoms with E-state index in [4.69, 9.17) is 0 Å². The van der Waals surface area contributed by atoms with Crippen molar-refractivity contribution in [1.29, 1.82) is 0 Å². The molecule has 0 fully saturated rings. The molecule has 1 aliphatic carbocycles. The summed E-state index contributed by atoms with van der Waals surface area (Å²) < 4.78 is 0. The molecule has 3 aromatic rings. The maximum absolute atomic E-state index is 12.7. The molecule has 0 saturated heterocycles. The van der Waals surface area contributed by atoms with Crippen molar-refractivity contribution in [2.75, 3.05) is 25.2 Å². The van der Waals surface area contributed by atoms with Gasteiger partial charge in [-0.05, 0) is 29.5 Å². The zero-order valence-corrected chi connectivity index (χ0v) is 16.3. The molecule has 0 aliphatic heterocycles. The fourth-order valence-corrected chi connectivity index (χ4v) is 4.54. The van der Waals surface area contributed by atoms with Crippen LogP contribution in [0, 0.1) is 0 Å². The number of hydrogen-bond donors (Lipinski definition) is 2. The van der Waals surface area contributed by atoms with E-state index < -0.39 is 0 Å². The van der Waals surface area contributed by atoms with Gasteiger partial charge in [-0.3, -0.25) is 4.79 Å². The zero-order chi connectivity index (χ0) is 18.8. The molecule has 0 heterocycles. The first-order valence-electron chi connectivity index (χ1n) is 9.12. The number of quaternary nitrogens is 1. The largest absolute Gasteiger partial charge is 0.320 e.